The van der Waals surface area contributed by atoms with Crippen molar-refractivity contribution in [1.82, 2.24) is 25.5 Å². The predicted octanol–water partition coefficient (Wildman–Crippen LogP) is 5.50. The molecule has 0 bridgehead atoms. The molecule has 2 saturated carbocycles. The number of benzene rings is 1. The number of aromatic nitrogens is 2. The molecule has 1 saturated heterocycles. The third kappa shape index (κ3) is 11.6. The number of carbonyl (C=O) groups is 7. The standard InChI is InChI=1S/C44H59N5O8/c1-6-11-29(40(53)38(52)20-27-16-17-27)22-36(50)35-23-32(57-31-15-10-14-30(21-31)41(54)45-5)26-49(35)43(56)33(44(2,3)4)24-37(51)39(28-12-8-7-9-13-28)48-42(55)34-25-46-18-19-47-34/h10,14-15,18-19,21,25,27-29,32-33,35,39H,6-9,11-13,16-17,20,22-24,26H2,1-5H3,(H,45,54)(H,48,55)/t29-,32-,33-,35+,39+/m1/s1. The number of ether oxygens (including phenoxy) is 1. The molecule has 1 aliphatic heterocycles. The third-order valence-corrected chi connectivity index (χ3v) is 11.7. The molecule has 1 aromatic carbocycles. The second-order valence-electron chi connectivity index (χ2n) is 17.2. The van der Waals surface area contributed by atoms with Crippen LogP contribution in [0.4, 0.5) is 0 Å². The highest BCUT2D eigenvalue weighted by molar-refractivity contribution is 6.38. The van der Waals surface area contributed by atoms with E-state index in [2.05, 4.69) is 20.6 Å². The van der Waals surface area contributed by atoms with Crippen LogP contribution in [0, 0.1) is 29.1 Å². The van der Waals surface area contributed by atoms with Gasteiger partial charge >= 0.3 is 0 Å². The van der Waals surface area contributed by atoms with Gasteiger partial charge < -0.3 is 20.3 Å². The van der Waals surface area contributed by atoms with Crippen molar-refractivity contribution in [3.05, 3.63) is 54.1 Å². The van der Waals surface area contributed by atoms with Crippen molar-refractivity contribution in [1.29, 1.82) is 0 Å². The molecule has 3 aliphatic rings. The number of amides is 3. The monoisotopic (exact) mass is 785 g/mol. The quantitative estimate of drug-likeness (QED) is 0.173. The summed E-state index contributed by atoms with van der Waals surface area (Å²) in [5, 5.41) is 5.53. The molecule has 3 fully saturated rings. The zero-order valence-electron chi connectivity index (χ0n) is 34.1. The molecule has 5 rings (SSSR count). The molecule has 2 aliphatic carbocycles. The van der Waals surface area contributed by atoms with Crippen LogP contribution in [0.2, 0.25) is 0 Å². The fraction of sp³-hybridized carbons (Fsp3) is 0.614. The minimum absolute atomic E-state index is 0.0304. The minimum Gasteiger partial charge on any atom is -0.488 e. The zero-order chi connectivity index (χ0) is 41.3. The predicted molar refractivity (Wildman–Crippen MR) is 212 cm³/mol. The van der Waals surface area contributed by atoms with Crippen molar-refractivity contribution < 1.29 is 38.3 Å². The summed E-state index contributed by atoms with van der Waals surface area (Å²) in [6.07, 6.45) is 10.8. The Morgan fingerprint density at radius 1 is 0.947 bits per heavy atom. The van der Waals surface area contributed by atoms with Gasteiger partial charge in [0.15, 0.2) is 17.3 Å². The Kier molecular flexibility index (Phi) is 14.9. The normalized spacial score (nSPS) is 20.2. The van der Waals surface area contributed by atoms with E-state index < -0.39 is 58.8 Å². The van der Waals surface area contributed by atoms with Crippen molar-refractivity contribution in [2.45, 2.75) is 129 Å². The number of likely N-dealkylation sites (tertiary alicyclic amines) is 1. The molecule has 0 spiro atoms. The average Bonchev–Trinajstić information content (AvgIpc) is 3.93. The number of nitrogens with zero attached hydrogens (tertiary/aromatic N) is 3. The van der Waals surface area contributed by atoms with Gasteiger partial charge in [0, 0.05) is 62.5 Å². The summed E-state index contributed by atoms with van der Waals surface area (Å²) in [6.45, 7) is 7.57. The van der Waals surface area contributed by atoms with Gasteiger partial charge in [0.2, 0.25) is 11.7 Å². The molecule has 3 amide bonds. The maximum absolute atomic E-state index is 14.9. The summed E-state index contributed by atoms with van der Waals surface area (Å²) in [5.74, 6) is -3.92. The van der Waals surface area contributed by atoms with E-state index in [1.165, 1.54) is 30.5 Å². The van der Waals surface area contributed by atoms with E-state index in [-0.39, 0.29) is 67.2 Å². The molecule has 308 valence electrons. The smallest absolute Gasteiger partial charge is 0.272 e. The summed E-state index contributed by atoms with van der Waals surface area (Å²) in [6, 6.07) is 4.82. The van der Waals surface area contributed by atoms with Gasteiger partial charge in [0.05, 0.1) is 24.8 Å². The fourth-order valence-electron chi connectivity index (χ4n) is 8.30. The van der Waals surface area contributed by atoms with Crippen LogP contribution < -0.4 is 15.4 Å². The highest BCUT2D eigenvalue weighted by atomic mass is 16.5. The largest absolute Gasteiger partial charge is 0.488 e. The van der Waals surface area contributed by atoms with Gasteiger partial charge in [-0.25, -0.2) is 4.98 Å². The highest BCUT2D eigenvalue weighted by Gasteiger charge is 2.47. The Labute approximate surface area is 335 Å². The van der Waals surface area contributed by atoms with Crippen LogP contribution in [0.15, 0.2) is 42.9 Å². The van der Waals surface area contributed by atoms with Gasteiger partial charge in [-0.1, -0.05) is 59.4 Å². The lowest BCUT2D eigenvalue weighted by Crippen LogP contribution is -2.51. The maximum Gasteiger partial charge on any atom is 0.272 e. The van der Waals surface area contributed by atoms with Gasteiger partial charge in [0.1, 0.15) is 17.5 Å². The lowest BCUT2D eigenvalue weighted by Gasteiger charge is -2.36. The van der Waals surface area contributed by atoms with Crippen molar-refractivity contribution in [2.24, 2.45) is 29.1 Å². The lowest BCUT2D eigenvalue weighted by molar-refractivity contribution is -0.147. The number of carbonyl (C=O) groups excluding carboxylic acids is 7. The molecular formula is C44H59N5O8. The summed E-state index contributed by atoms with van der Waals surface area (Å²) in [4.78, 5) is 105. The molecule has 13 nitrogen and oxygen atoms in total. The van der Waals surface area contributed by atoms with Crippen molar-refractivity contribution in [3.8, 4) is 5.75 Å². The first-order valence-electron chi connectivity index (χ1n) is 20.7. The molecule has 2 aromatic rings. The van der Waals surface area contributed by atoms with E-state index in [1.54, 1.807) is 24.3 Å². The van der Waals surface area contributed by atoms with Gasteiger partial charge in [0.25, 0.3) is 11.8 Å². The molecule has 2 N–H and O–H groups in total. The summed E-state index contributed by atoms with van der Waals surface area (Å²) in [7, 11) is 1.53. The third-order valence-electron chi connectivity index (χ3n) is 11.7. The average molecular weight is 786 g/mol. The van der Waals surface area contributed by atoms with E-state index in [4.69, 9.17) is 4.74 Å². The first-order valence-corrected chi connectivity index (χ1v) is 20.7. The SMILES string of the molecule is CCC[C@H](CC(=O)[C@@H]1C[C@@H](Oc2cccc(C(=O)NC)c2)CN1C(=O)[C@@H](CC(=O)[C@@H](NC(=O)c1cnccn1)C1CCCCC1)C(C)(C)C)C(=O)C(=O)CC1CC1. The molecule has 1 aromatic heterocycles. The van der Waals surface area contributed by atoms with Gasteiger partial charge in [-0.15, -0.1) is 0 Å². The topological polar surface area (TPSA) is 182 Å². The van der Waals surface area contributed by atoms with Crippen LogP contribution in [-0.2, 0) is 24.0 Å². The Morgan fingerprint density at radius 3 is 2.32 bits per heavy atom. The summed E-state index contributed by atoms with van der Waals surface area (Å²) >= 11 is 0. The van der Waals surface area contributed by atoms with Crippen LogP contribution in [0.1, 0.15) is 132 Å². The molecule has 5 atom stereocenters. The Morgan fingerprint density at radius 2 is 1.68 bits per heavy atom. The number of hydrogen-bond acceptors (Lipinski definition) is 10. The minimum atomic E-state index is -0.972. The second-order valence-corrected chi connectivity index (χ2v) is 17.2. The Hall–Kier alpha value is -4.81. The van der Waals surface area contributed by atoms with E-state index in [9.17, 15) is 33.6 Å². The lowest BCUT2D eigenvalue weighted by atomic mass is 9.74. The molecular weight excluding hydrogens is 727 g/mol. The Bertz CT molecular complexity index is 1780. The molecule has 13 heteroatoms. The summed E-state index contributed by atoms with van der Waals surface area (Å²) in [5.41, 5.74) is -0.257. The first-order chi connectivity index (χ1) is 27.2. The number of Topliss-reactive ketones (excluding diaryl/α,β-unsaturated/α-hetero) is 4. The number of rotatable bonds is 19. The number of ketones is 4. The van der Waals surface area contributed by atoms with Crippen LogP contribution in [0.3, 0.4) is 0 Å². The van der Waals surface area contributed by atoms with E-state index in [0.29, 0.717) is 24.2 Å². The molecule has 57 heavy (non-hydrogen) atoms. The van der Waals surface area contributed by atoms with Gasteiger partial charge in [-0.2, -0.15) is 0 Å². The van der Waals surface area contributed by atoms with E-state index >= 15 is 0 Å². The maximum atomic E-state index is 14.9. The fourth-order valence-corrected chi connectivity index (χ4v) is 8.30. The van der Waals surface area contributed by atoms with Crippen LogP contribution >= 0.6 is 0 Å². The highest BCUT2D eigenvalue weighted by Crippen LogP contribution is 2.37. The van der Waals surface area contributed by atoms with Crippen LogP contribution in [-0.4, -0.2) is 87.5 Å². The van der Waals surface area contributed by atoms with E-state index in [1.807, 2.05) is 27.7 Å². The molecule has 0 radical (unpaired) electrons. The zero-order valence-corrected chi connectivity index (χ0v) is 34.1. The first kappa shape index (κ1) is 43.3. The van der Waals surface area contributed by atoms with Crippen LogP contribution in [0.5, 0.6) is 5.75 Å². The van der Waals surface area contributed by atoms with Crippen molar-refractivity contribution in [3.63, 3.8) is 0 Å². The molecule has 0 unspecified atom stereocenters. The Balaban J connectivity index is 1.41. The summed E-state index contributed by atoms with van der Waals surface area (Å²) < 4.78 is 6.34. The van der Waals surface area contributed by atoms with Crippen LogP contribution in [0.25, 0.3) is 0 Å². The van der Waals surface area contributed by atoms with Crippen molar-refractivity contribution >= 4 is 40.9 Å². The van der Waals surface area contributed by atoms with Gasteiger partial charge in [-0.05, 0) is 67.6 Å². The number of hydrogen-bond donors (Lipinski definition) is 2. The van der Waals surface area contributed by atoms with Crippen molar-refractivity contribution in [2.75, 3.05) is 13.6 Å². The molecule has 2 heterocycles. The second kappa shape index (κ2) is 19.6. The van der Waals surface area contributed by atoms with Gasteiger partial charge in [-0.3, -0.25) is 38.5 Å². The number of nitrogens with one attached hydrogen (secondary N) is 2. The van der Waals surface area contributed by atoms with E-state index in [0.717, 1.165) is 44.9 Å².